The van der Waals surface area contributed by atoms with Crippen LogP contribution in [0.4, 0.5) is 0 Å². The lowest BCUT2D eigenvalue weighted by Gasteiger charge is -2.20. The first-order chi connectivity index (χ1) is 10.4. The van der Waals surface area contributed by atoms with Gasteiger partial charge in [0.05, 0.1) is 10.9 Å². The molecule has 2 aromatic rings. The van der Waals surface area contributed by atoms with Crippen molar-refractivity contribution in [1.29, 1.82) is 0 Å². The zero-order chi connectivity index (χ0) is 16.3. The van der Waals surface area contributed by atoms with Crippen LogP contribution in [0.5, 0.6) is 0 Å². The van der Waals surface area contributed by atoms with E-state index < -0.39 is 11.2 Å². The lowest BCUT2D eigenvalue weighted by Crippen LogP contribution is -2.41. The molecule has 2 rings (SSSR count). The molecule has 0 unspecified atom stereocenters. The minimum Gasteiger partial charge on any atom is -0.336 e. The lowest BCUT2D eigenvalue weighted by atomic mass is 10.4. The van der Waals surface area contributed by atoms with Crippen LogP contribution >= 0.6 is 22.9 Å². The molecule has 1 amide bonds. The van der Waals surface area contributed by atoms with E-state index in [1.165, 1.54) is 35.2 Å². The zero-order valence-electron chi connectivity index (χ0n) is 12.3. The monoisotopic (exact) mass is 341 g/mol. The molecule has 0 saturated heterocycles. The van der Waals surface area contributed by atoms with E-state index in [1.807, 2.05) is 13.0 Å². The van der Waals surface area contributed by atoms with Crippen LogP contribution in [0.1, 0.15) is 11.8 Å². The normalized spacial score (nSPS) is 10.7. The van der Waals surface area contributed by atoms with Gasteiger partial charge in [-0.15, -0.1) is 11.3 Å². The molecule has 118 valence electrons. The fraction of sp³-hybridized carbons (Fsp3) is 0.357. The number of nitrogens with zero attached hydrogens (tertiary/aromatic N) is 3. The Hall–Kier alpha value is -1.86. The topological polar surface area (TPSA) is 64.3 Å². The predicted molar refractivity (Wildman–Crippen MR) is 86.4 cm³/mol. The fourth-order valence-corrected chi connectivity index (χ4v) is 3.09. The number of carbonyl (C=O) groups is 1. The number of halogens is 1. The van der Waals surface area contributed by atoms with Crippen molar-refractivity contribution >= 4 is 28.8 Å². The maximum atomic E-state index is 12.4. The molecule has 0 spiro atoms. The van der Waals surface area contributed by atoms with E-state index in [1.54, 1.807) is 11.0 Å². The average Bonchev–Trinajstić information content (AvgIpc) is 2.90. The highest BCUT2D eigenvalue weighted by atomic mass is 35.5. The molecule has 6 nitrogen and oxygen atoms in total. The Morgan fingerprint density at radius 2 is 2.05 bits per heavy atom. The highest BCUT2D eigenvalue weighted by molar-refractivity contribution is 7.16. The van der Waals surface area contributed by atoms with Gasteiger partial charge in [-0.2, -0.15) is 0 Å². The fourth-order valence-electron chi connectivity index (χ4n) is 1.98. The molecule has 0 atom stereocenters. The number of likely N-dealkylation sites (N-methyl/N-ethyl adjacent to an activating group) is 1. The van der Waals surface area contributed by atoms with Gasteiger partial charge < -0.3 is 4.90 Å². The van der Waals surface area contributed by atoms with Gasteiger partial charge in [0.15, 0.2) is 0 Å². The van der Waals surface area contributed by atoms with Crippen LogP contribution in [0.2, 0.25) is 4.34 Å². The molecular formula is C14H16ClN3O3S. The summed E-state index contributed by atoms with van der Waals surface area (Å²) < 4.78 is 2.88. The summed E-state index contributed by atoms with van der Waals surface area (Å²) in [4.78, 5) is 38.3. The van der Waals surface area contributed by atoms with Gasteiger partial charge in [0.2, 0.25) is 5.91 Å². The third kappa shape index (κ3) is 3.66. The molecule has 8 heteroatoms. The molecule has 22 heavy (non-hydrogen) atoms. The van der Waals surface area contributed by atoms with E-state index in [0.29, 0.717) is 17.4 Å². The van der Waals surface area contributed by atoms with E-state index in [9.17, 15) is 14.4 Å². The quantitative estimate of drug-likeness (QED) is 0.823. The van der Waals surface area contributed by atoms with Crippen LogP contribution in [-0.2, 0) is 24.9 Å². The van der Waals surface area contributed by atoms with E-state index in [4.69, 9.17) is 11.6 Å². The summed E-state index contributed by atoms with van der Waals surface area (Å²) in [6.07, 6.45) is 1.35. The number of thiophene rings is 1. The predicted octanol–water partition coefficient (Wildman–Crippen LogP) is 1.31. The second-order valence-corrected chi connectivity index (χ2v) is 6.54. The number of hydrogen-bond donors (Lipinski definition) is 0. The van der Waals surface area contributed by atoms with Crippen molar-refractivity contribution in [3.63, 3.8) is 0 Å². The highest BCUT2D eigenvalue weighted by Crippen LogP contribution is 2.22. The molecule has 0 bridgehead atoms. The van der Waals surface area contributed by atoms with E-state index in [2.05, 4.69) is 0 Å². The minimum absolute atomic E-state index is 0.0973. The molecule has 0 aliphatic carbocycles. The van der Waals surface area contributed by atoms with Gasteiger partial charge >= 0.3 is 5.69 Å². The summed E-state index contributed by atoms with van der Waals surface area (Å²) in [6, 6.07) is 4.93. The Morgan fingerprint density at radius 3 is 2.64 bits per heavy atom. The summed E-state index contributed by atoms with van der Waals surface area (Å²) in [6.45, 7) is 2.75. The van der Waals surface area contributed by atoms with Gasteiger partial charge in [0, 0.05) is 30.7 Å². The number of amides is 1. The smallest absolute Gasteiger partial charge is 0.331 e. The second kappa shape index (κ2) is 6.93. The molecule has 0 N–H and O–H groups in total. The van der Waals surface area contributed by atoms with Gasteiger partial charge in [-0.05, 0) is 19.1 Å². The van der Waals surface area contributed by atoms with E-state index in [-0.39, 0.29) is 12.5 Å². The second-order valence-electron chi connectivity index (χ2n) is 4.74. The Kier molecular flexibility index (Phi) is 5.20. The molecule has 2 aromatic heterocycles. The largest absolute Gasteiger partial charge is 0.336 e. The molecule has 0 radical (unpaired) electrons. The van der Waals surface area contributed by atoms with Crippen molar-refractivity contribution in [2.24, 2.45) is 7.05 Å². The third-order valence-corrected chi connectivity index (χ3v) is 4.49. The van der Waals surface area contributed by atoms with Crippen molar-refractivity contribution < 1.29 is 4.79 Å². The average molecular weight is 342 g/mol. The Labute approximate surface area is 136 Å². The summed E-state index contributed by atoms with van der Waals surface area (Å²) >= 11 is 7.31. The first-order valence-corrected chi connectivity index (χ1v) is 7.90. The molecule has 0 aliphatic heterocycles. The summed E-state index contributed by atoms with van der Waals surface area (Å²) in [5.41, 5.74) is -0.898. The lowest BCUT2D eigenvalue weighted by molar-refractivity contribution is -0.132. The third-order valence-electron chi connectivity index (χ3n) is 3.28. The zero-order valence-corrected chi connectivity index (χ0v) is 13.9. The van der Waals surface area contributed by atoms with Crippen LogP contribution in [0.3, 0.4) is 0 Å². The highest BCUT2D eigenvalue weighted by Gasteiger charge is 2.15. The molecule has 2 heterocycles. The van der Waals surface area contributed by atoms with Crippen molar-refractivity contribution in [2.45, 2.75) is 20.0 Å². The summed E-state index contributed by atoms with van der Waals surface area (Å²) in [5, 5.41) is 0. The van der Waals surface area contributed by atoms with Gasteiger partial charge in [-0.25, -0.2) is 4.79 Å². The first-order valence-electron chi connectivity index (χ1n) is 6.71. The van der Waals surface area contributed by atoms with Gasteiger partial charge in [-0.3, -0.25) is 18.7 Å². The molecular weight excluding hydrogens is 326 g/mol. The minimum atomic E-state index is -0.504. The maximum absolute atomic E-state index is 12.4. The van der Waals surface area contributed by atoms with Gasteiger partial charge in [0.25, 0.3) is 5.56 Å². The standard InChI is InChI=1S/C14H16ClN3O3S/c1-3-17(8-10-4-5-11(15)22-10)13(20)9-18-7-6-12(19)16(2)14(18)21/h4-7H,3,8-9H2,1-2H3. The van der Waals surface area contributed by atoms with Crippen LogP contribution in [0, 0.1) is 0 Å². The van der Waals surface area contributed by atoms with E-state index >= 15 is 0 Å². The summed E-state index contributed by atoms with van der Waals surface area (Å²) in [7, 11) is 1.39. The SMILES string of the molecule is CCN(Cc1ccc(Cl)s1)C(=O)Cn1ccc(=O)n(C)c1=O. The Balaban J connectivity index is 2.14. The Morgan fingerprint density at radius 1 is 1.32 bits per heavy atom. The van der Waals surface area contributed by atoms with Crippen molar-refractivity contribution in [3.8, 4) is 0 Å². The van der Waals surface area contributed by atoms with Crippen LogP contribution < -0.4 is 11.2 Å². The maximum Gasteiger partial charge on any atom is 0.331 e. The number of hydrogen-bond acceptors (Lipinski definition) is 4. The van der Waals surface area contributed by atoms with Crippen LogP contribution in [-0.4, -0.2) is 26.5 Å². The molecule has 0 saturated carbocycles. The van der Waals surface area contributed by atoms with Gasteiger partial charge in [0.1, 0.15) is 6.54 Å². The van der Waals surface area contributed by atoms with Crippen molar-refractivity contribution in [2.75, 3.05) is 6.54 Å². The summed E-state index contributed by atoms with van der Waals surface area (Å²) in [5.74, 6) is -0.187. The number of aromatic nitrogens is 2. The Bertz CT molecular complexity index is 793. The molecule has 0 aromatic carbocycles. The molecule has 0 fully saturated rings. The van der Waals surface area contributed by atoms with Crippen LogP contribution in [0.15, 0.2) is 34.0 Å². The molecule has 0 aliphatic rings. The number of carbonyl (C=O) groups excluding carboxylic acids is 1. The van der Waals surface area contributed by atoms with Crippen molar-refractivity contribution in [3.05, 3.63) is 54.4 Å². The van der Waals surface area contributed by atoms with Crippen molar-refractivity contribution in [1.82, 2.24) is 14.0 Å². The number of rotatable bonds is 5. The van der Waals surface area contributed by atoms with Gasteiger partial charge in [-0.1, -0.05) is 11.6 Å². The van der Waals surface area contributed by atoms with Crippen LogP contribution in [0.25, 0.3) is 0 Å². The van der Waals surface area contributed by atoms with E-state index in [0.717, 1.165) is 9.44 Å². The first kappa shape index (κ1) is 16.5.